The van der Waals surface area contributed by atoms with Crippen molar-refractivity contribution in [2.24, 2.45) is 0 Å². The van der Waals surface area contributed by atoms with Gasteiger partial charge < -0.3 is 9.52 Å². The number of aromatic nitrogens is 3. The second kappa shape index (κ2) is 7.78. The van der Waals surface area contributed by atoms with Gasteiger partial charge in [-0.2, -0.15) is 9.50 Å². The number of nitrogens with zero attached hydrogens (tertiary/aromatic N) is 4. The van der Waals surface area contributed by atoms with Crippen LogP contribution in [-0.2, 0) is 13.0 Å². The Hall–Kier alpha value is -3.13. The van der Waals surface area contributed by atoms with Crippen LogP contribution in [-0.4, -0.2) is 31.1 Å². The normalized spacial score (nSPS) is 15.2. The van der Waals surface area contributed by atoms with Crippen LogP contribution in [0, 0.1) is 0 Å². The molecule has 1 N–H and O–H groups in total. The standard InChI is InChI=1S/C24H19ClN4O2S/c25-18-9-7-16(8-10-18)20(28-12-11-15-4-1-2-5-17(15)14-28)21-23(30)29-24(32-21)26-22(27-29)19-6-3-13-31-19/h1-10,13,20,30H,11-12,14H2/t20-/m0/s1. The number of halogens is 1. The molecule has 160 valence electrons. The quantitative estimate of drug-likeness (QED) is 0.379. The van der Waals surface area contributed by atoms with Crippen molar-refractivity contribution in [2.75, 3.05) is 6.54 Å². The first kappa shape index (κ1) is 19.5. The fourth-order valence-electron chi connectivity index (χ4n) is 4.35. The predicted octanol–water partition coefficient (Wildman–Crippen LogP) is 5.56. The van der Waals surface area contributed by atoms with Gasteiger partial charge in [-0.15, -0.1) is 5.10 Å². The lowest BCUT2D eigenvalue weighted by Gasteiger charge is -2.35. The molecule has 0 saturated carbocycles. The van der Waals surface area contributed by atoms with Crippen molar-refractivity contribution in [3.8, 4) is 17.5 Å². The maximum atomic E-state index is 11.2. The van der Waals surface area contributed by atoms with Crippen molar-refractivity contribution < 1.29 is 9.52 Å². The highest BCUT2D eigenvalue weighted by Crippen LogP contribution is 2.42. The average molecular weight is 463 g/mol. The van der Waals surface area contributed by atoms with E-state index in [1.807, 2.05) is 24.3 Å². The van der Waals surface area contributed by atoms with Crippen LogP contribution < -0.4 is 0 Å². The van der Waals surface area contributed by atoms with Gasteiger partial charge in [-0.25, -0.2) is 0 Å². The number of rotatable bonds is 4. The van der Waals surface area contributed by atoms with E-state index in [4.69, 9.17) is 16.0 Å². The molecule has 0 spiro atoms. The fourth-order valence-corrected chi connectivity index (χ4v) is 5.59. The minimum atomic E-state index is -0.138. The van der Waals surface area contributed by atoms with E-state index in [2.05, 4.69) is 39.2 Å². The van der Waals surface area contributed by atoms with Crippen LogP contribution in [0.25, 0.3) is 16.5 Å². The molecule has 6 rings (SSSR count). The fraction of sp³-hybridized carbons (Fsp3) is 0.167. The summed E-state index contributed by atoms with van der Waals surface area (Å²) in [5, 5.41) is 16.4. The van der Waals surface area contributed by atoms with Gasteiger partial charge in [0, 0.05) is 18.1 Å². The van der Waals surface area contributed by atoms with Crippen LogP contribution in [0.4, 0.5) is 0 Å². The first-order valence-electron chi connectivity index (χ1n) is 10.4. The maximum Gasteiger partial charge on any atom is 0.230 e. The van der Waals surface area contributed by atoms with E-state index in [0.717, 1.165) is 30.0 Å². The molecule has 0 bridgehead atoms. The van der Waals surface area contributed by atoms with Gasteiger partial charge in [0.05, 0.1) is 17.2 Å². The molecular formula is C24H19ClN4O2S. The van der Waals surface area contributed by atoms with Gasteiger partial charge in [0.25, 0.3) is 0 Å². The Labute approximate surface area is 193 Å². The van der Waals surface area contributed by atoms with Gasteiger partial charge in [0.2, 0.25) is 16.7 Å². The van der Waals surface area contributed by atoms with Crippen molar-refractivity contribution in [3.63, 3.8) is 0 Å². The molecule has 5 aromatic rings. The number of benzene rings is 2. The third-order valence-corrected chi connectivity index (χ3v) is 7.23. The summed E-state index contributed by atoms with van der Waals surface area (Å²) in [6.07, 6.45) is 2.55. The molecule has 32 heavy (non-hydrogen) atoms. The molecule has 0 aliphatic carbocycles. The lowest BCUT2D eigenvalue weighted by Crippen LogP contribution is -2.34. The van der Waals surface area contributed by atoms with Crippen molar-refractivity contribution in [1.82, 2.24) is 19.5 Å². The van der Waals surface area contributed by atoms with E-state index in [0.29, 0.717) is 21.6 Å². The molecule has 0 amide bonds. The molecule has 1 aliphatic rings. The highest BCUT2D eigenvalue weighted by molar-refractivity contribution is 7.17. The van der Waals surface area contributed by atoms with Crippen LogP contribution in [0.3, 0.4) is 0 Å². The Kier molecular flexibility index (Phi) is 4.75. The van der Waals surface area contributed by atoms with Gasteiger partial charge in [0.15, 0.2) is 5.76 Å². The van der Waals surface area contributed by atoms with E-state index < -0.39 is 0 Å². The number of furan rings is 1. The minimum Gasteiger partial charge on any atom is -0.492 e. The molecular weight excluding hydrogens is 444 g/mol. The lowest BCUT2D eigenvalue weighted by atomic mass is 9.96. The van der Waals surface area contributed by atoms with E-state index in [9.17, 15) is 5.11 Å². The highest BCUT2D eigenvalue weighted by atomic mass is 35.5. The molecule has 1 atom stereocenters. The molecule has 2 aromatic carbocycles. The summed E-state index contributed by atoms with van der Waals surface area (Å²) in [6.45, 7) is 1.68. The summed E-state index contributed by atoms with van der Waals surface area (Å²) in [5.74, 6) is 1.14. The van der Waals surface area contributed by atoms with Gasteiger partial charge in [-0.1, -0.05) is 59.3 Å². The van der Waals surface area contributed by atoms with Gasteiger partial charge in [-0.3, -0.25) is 4.90 Å². The zero-order chi connectivity index (χ0) is 21.7. The van der Waals surface area contributed by atoms with Crippen LogP contribution in [0.2, 0.25) is 5.02 Å². The lowest BCUT2D eigenvalue weighted by molar-refractivity contribution is 0.205. The van der Waals surface area contributed by atoms with Gasteiger partial charge >= 0.3 is 0 Å². The summed E-state index contributed by atoms with van der Waals surface area (Å²) in [5.41, 5.74) is 3.77. The average Bonchev–Trinajstić information content (AvgIpc) is 3.54. The topological polar surface area (TPSA) is 66.8 Å². The maximum absolute atomic E-state index is 11.2. The molecule has 3 aromatic heterocycles. The van der Waals surface area contributed by atoms with E-state index in [1.165, 1.54) is 27.0 Å². The first-order valence-corrected chi connectivity index (χ1v) is 11.6. The number of hydrogen-bond donors (Lipinski definition) is 1. The zero-order valence-corrected chi connectivity index (χ0v) is 18.6. The molecule has 0 fully saturated rings. The molecule has 8 heteroatoms. The Morgan fingerprint density at radius 2 is 1.84 bits per heavy atom. The van der Waals surface area contributed by atoms with E-state index in [-0.39, 0.29) is 11.9 Å². The second-order valence-corrected chi connectivity index (χ2v) is 9.29. The minimum absolute atomic E-state index is 0.106. The number of hydrogen-bond acceptors (Lipinski definition) is 6. The number of fused-ring (bicyclic) bond motifs is 2. The van der Waals surface area contributed by atoms with Gasteiger partial charge in [-0.05, 0) is 47.4 Å². The summed E-state index contributed by atoms with van der Waals surface area (Å²) < 4.78 is 6.91. The third kappa shape index (κ3) is 3.30. The van der Waals surface area contributed by atoms with Crippen molar-refractivity contribution in [1.29, 1.82) is 0 Å². The van der Waals surface area contributed by atoms with Crippen molar-refractivity contribution >= 4 is 27.9 Å². The van der Waals surface area contributed by atoms with Crippen LogP contribution in [0.1, 0.15) is 27.6 Å². The smallest absolute Gasteiger partial charge is 0.230 e. The van der Waals surface area contributed by atoms with E-state index in [1.54, 1.807) is 18.4 Å². The summed E-state index contributed by atoms with van der Waals surface area (Å²) >= 11 is 7.61. The monoisotopic (exact) mass is 462 g/mol. The van der Waals surface area contributed by atoms with Crippen molar-refractivity contribution in [3.05, 3.63) is 93.5 Å². The molecule has 6 nitrogen and oxygen atoms in total. The Balaban J connectivity index is 1.44. The molecule has 4 heterocycles. The Morgan fingerprint density at radius 3 is 2.59 bits per heavy atom. The Morgan fingerprint density at radius 1 is 1.03 bits per heavy atom. The van der Waals surface area contributed by atoms with Crippen molar-refractivity contribution in [2.45, 2.75) is 19.0 Å². The molecule has 0 saturated heterocycles. The van der Waals surface area contributed by atoms with E-state index >= 15 is 0 Å². The van der Waals surface area contributed by atoms with Crippen LogP contribution in [0.15, 0.2) is 71.3 Å². The molecule has 1 aliphatic heterocycles. The highest BCUT2D eigenvalue weighted by Gasteiger charge is 2.31. The number of aromatic hydroxyl groups is 1. The third-order valence-electron chi connectivity index (χ3n) is 5.90. The van der Waals surface area contributed by atoms with Crippen LogP contribution >= 0.6 is 22.9 Å². The second-order valence-electron chi connectivity index (χ2n) is 7.84. The zero-order valence-electron chi connectivity index (χ0n) is 17.0. The molecule has 0 unspecified atom stereocenters. The predicted molar refractivity (Wildman–Crippen MR) is 124 cm³/mol. The SMILES string of the molecule is Oc1c([C@H](c2ccc(Cl)cc2)N2CCc3ccccc3C2)sc2nc(-c3ccco3)nn12. The number of thiazole rings is 1. The Bertz CT molecular complexity index is 1390. The van der Waals surface area contributed by atoms with Gasteiger partial charge in [0.1, 0.15) is 0 Å². The largest absolute Gasteiger partial charge is 0.492 e. The molecule has 0 radical (unpaired) electrons. The van der Waals surface area contributed by atoms with Crippen LogP contribution in [0.5, 0.6) is 5.88 Å². The summed E-state index contributed by atoms with van der Waals surface area (Å²) in [7, 11) is 0. The summed E-state index contributed by atoms with van der Waals surface area (Å²) in [4.78, 5) is 8.42. The summed E-state index contributed by atoms with van der Waals surface area (Å²) in [6, 6.07) is 19.8. The first-order chi connectivity index (χ1) is 15.7.